The number of nitriles is 1. The minimum Gasteiger partial charge on any atom is -0.394 e. The Hall–Kier alpha value is -2.33. The van der Waals surface area contributed by atoms with Crippen LogP contribution in [0.5, 0.6) is 0 Å². The van der Waals surface area contributed by atoms with E-state index in [1.807, 2.05) is 28.7 Å². The molecule has 10 heteroatoms. The third-order valence-electron chi connectivity index (χ3n) is 3.09. The quantitative estimate of drug-likeness (QED) is 0.355. The van der Waals surface area contributed by atoms with Crippen molar-refractivity contribution in [3.63, 3.8) is 0 Å². The first-order valence-electron chi connectivity index (χ1n) is 7.29. The van der Waals surface area contributed by atoms with Crippen molar-refractivity contribution in [1.29, 1.82) is 5.26 Å². The molecule has 2 aromatic rings. The number of pyridine rings is 1. The largest absolute Gasteiger partial charge is 0.394 e. The number of rotatable bonds is 7. The summed E-state index contributed by atoms with van der Waals surface area (Å²) in [6, 6.07) is 8.95. The first kappa shape index (κ1) is 20.0. The summed E-state index contributed by atoms with van der Waals surface area (Å²) in [4.78, 5) is 21.0. The molecular weight excluding hydrogens is 458 g/mol. The van der Waals surface area contributed by atoms with Gasteiger partial charge in [0, 0.05) is 3.57 Å². The number of aromatic nitrogens is 1. The van der Waals surface area contributed by atoms with Crippen LogP contribution in [0, 0.1) is 20.7 Å². The zero-order valence-electron chi connectivity index (χ0n) is 13.2. The van der Waals surface area contributed by atoms with E-state index in [2.05, 4.69) is 15.8 Å². The Bertz CT molecular complexity index is 843. The highest BCUT2D eigenvalue weighted by Gasteiger charge is 2.16. The van der Waals surface area contributed by atoms with Crippen LogP contribution in [0.15, 0.2) is 30.3 Å². The smallest absolute Gasteiger partial charge is 0.278 e. The molecule has 2 rings (SSSR count). The van der Waals surface area contributed by atoms with E-state index in [1.165, 1.54) is 24.3 Å². The van der Waals surface area contributed by atoms with Gasteiger partial charge in [0.15, 0.2) is 0 Å². The molecule has 1 aromatic carbocycles. The number of carbonyl (C=O) groups is 1. The predicted molar refractivity (Wildman–Crippen MR) is 97.9 cm³/mol. The van der Waals surface area contributed by atoms with Crippen LogP contribution in [0.4, 0.5) is 15.9 Å². The van der Waals surface area contributed by atoms with Gasteiger partial charge in [0.25, 0.3) is 5.91 Å². The van der Waals surface area contributed by atoms with Gasteiger partial charge < -0.3 is 15.5 Å². The molecule has 1 atom stereocenters. The fourth-order valence-electron chi connectivity index (χ4n) is 1.83. The predicted octanol–water partition coefficient (Wildman–Crippen LogP) is 1.46. The summed E-state index contributed by atoms with van der Waals surface area (Å²) in [5.74, 6) is -1.30. The first-order valence-corrected chi connectivity index (χ1v) is 8.36. The van der Waals surface area contributed by atoms with Gasteiger partial charge in [-0.15, -0.1) is 0 Å². The van der Waals surface area contributed by atoms with Gasteiger partial charge in [0.1, 0.15) is 36.1 Å². The van der Waals surface area contributed by atoms with Crippen LogP contribution in [-0.4, -0.2) is 40.4 Å². The SMILES string of the molecule is N#Cc1ccc(C(=O)NOCC(O)CO)c(Nc2ccc(I)cc2F)n1. The van der Waals surface area contributed by atoms with Gasteiger partial charge in [0.05, 0.1) is 17.9 Å². The summed E-state index contributed by atoms with van der Waals surface area (Å²) >= 11 is 1.96. The second-order valence-corrected chi connectivity index (χ2v) is 6.28. The number of aliphatic hydroxyl groups is 2. The third kappa shape index (κ3) is 5.33. The molecule has 0 aliphatic rings. The van der Waals surface area contributed by atoms with Crippen LogP contribution < -0.4 is 10.8 Å². The zero-order valence-corrected chi connectivity index (χ0v) is 15.4. The second-order valence-electron chi connectivity index (χ2n) is 5.03. The maximum absolute atomic E-state index is 14.0. The Balaban J connectivity index is 2.23. The Morgan fingerprint density at radius 2 is 2.19 bits per heavy atom. The Morgan fingerprint density at radius 3 is 2.85 bits per heavy atom. The van der Waals surface area contributed by atoms with Crippen molar-refractivity contribution in [2.24, 2.45) is 0 Å². The van der Waals surface area contributed by atoms with E-state index in [9.17, 15) is 14.3 Å². The number of nitrogens with zero attached hydrogens (tertiary/aromatic N) is 2. The highest BCUT2D eigenvalue weighted by atomic mass is 127. The minimum atomic E-state index is -1.15. The van der Waals surface area contributed by atoms with Gasteiger partial charge in [-0.1, -0.05) is 0 Å². The maximum atomic E-state index is 14.0. The maximum Gasteiger partial charge on any atom is 0.278 e. The summed E-state index contributed by atoms with van der Waals surface area (Å²) in [6.45, 7) is -0.840. The number of benzene rings is 1. The van der Waals surface area contributed by atoms with E-state index in [0.29, 0.717) is 3.57 Å². The van der Waals surface area contributed by atoms with Gasteiger partial charge in [-0.3, -0.25) is 9.63 Å². The van der Waals surface area contributed by atoms with Gasteiger partial charge in [-0.25, -0.2) is 14.9 Å². The fraction of sp³-hybridized carbons (Fsp3) is 0.188. The highest BCUT2D eigenvalue weighted by molar-refractivity contribution is 14.1. The van der Waals surface area contributed by atoms with Crippen molar-refractivity contribution in [3.8, 4) is 6.07 Å². The van der Waals surface area contributed by atoms with Crippen LogP contribution in [-0.2, 0) is 4.84 Å². The molecule has 0 spiro atoms. The lowest BCUT2D eigenvalue weighted by Gasteiger charge is -2.13. The number of aliphatic hydroxyl groups excluding tert-OH is 2. The summed E-state index contributed by atoms with van der Waals surface area (Å²) < 4.78 is 14.7. The molecule has 26 heavy (non-hydrogen) atoms. The summed E-state index contributed by atoms with van der Waals surface area (Å²) in [5.41, 5.74) is 2.20. The Kier molecular flexibility index (Phi) is 7.22. The number of carbonyl (C=O) groups excluding carboxylic acids is 1. The van der Waals surface area contributed by atoms with Crippen molar-refractivity contribution in [3.05, 3.63) is 51.0 Å². The number of amides is 1. The van der Waals surface area contributed by atoms with Gasteiger partial charge in [0.2, 0.25) is 0 Å². The average molecular weight is 472 g/mol. The lowest BCUT2D eigenvalue weighted by molar-refractivity contribution is -0.0295. The van der Waals surface area contributed by atoms with Gasteiger partial charge >= 0.3 is 0 Å². The molecule has 4 N–H and O–H groups in total. The van der Waals surface area contributed by atoms with Crippen molar-refractivity contribution >= 4 is 40.0 Å². The lowest BCUT2D eigenvalue weighted by atomic mass is 10.2. The molecule has 0 bridgehead atoms. The molecule has 1 amide bonds. The number of hydrogen-bond donors (Lipinski definition) is 4. The molecule has 1 aromatic heterocycles. The topological polar surface area (TPSA) is 128 Å². The Morgan fingerprint density at radius 1 is 1.42 bits per heavy atom. The summed E-state index contributed by atoms with van der Waals surface area (Å²) in [5, 5.41) is 29.6. The molecule has 0 fully saturated rings. The van der Waals surface area contributed by atoms with Crippen molar-refractivity contribution in [1.82, 2.24) is 10.5 Å². The highest BCUT2D eigenvalue weighted by Crippen LogP contribution is 2.23. The number of hydroxylamine groups is 1. The molecule has 0 saturated heterocycles. The van der Waals surface area contributed by atoms with E-state index < -0.39 is 24.4 Å². The van der Waals surface area contributed by atoms with E-state index in [0.717, 1.165) is 0 Å². The zero-order chi connectivity index (χ0) is 19.1. The van der Waals surface area contributed by atoms with Crippen LogP contribution in [0.1, 0.15) is 16.1 Å². The monoisotopic (exact) mass is 472 g/mol. The average Bonchev–Trinajstić information content (AvgIpc) is 2.63. The van der Waals surface area contributed by atoms with Crippen LogP contribution in [0.3, 0.4) is 0 Å². The number of nitrogens with one attached hydrogen (secondary N) is 2. The summed E-state index contributed by atoms with van der Waals surface area (Å²) in [7, 11) is 0. The third-order valence-corrected chi connectivity index (χ3v) is 3.76. The van der Waals surface area contributed by atoms with Crippen molar-refractivity contribution in [2.75, 3.05) is 18.5 Å². The standard InChI is InChI=1S/C16H14FIN4O4/c17-13-5-9(18)1-4-14(13)21-15-12(3-2-10(6-19)20-15)16(25)22-26-8-11(24)7-23/h1-5,11,23-24H,7-8H2,(H,20,21)(H,22,25). The van der Waals surface area contributed by atoms with Crippen molar-refractivity contribution in [2.45, 2.75) is 6.10 Å². The first-order chi connectivity index (χ1) is 12.4. The molecule has 0 radical (unpaired) electrons. The minimum absolute atomic E-state index is 0.000406. The Labute approximate surface area is 161 Å². The van der Waals surface area contributed by atoms with Crippen LogP contribution >= 0.6 is 22.6 Å². The number of hydrogen-bond acceptors (Lipinski definition) is 7. The molecule has 0 aliphatic carbocycles. The van der Waals surface area contributed by atoms with E-state index in [1.54, 1.807) is 6.07 Å². The van der Waals surface area contributed by atoms with E-state index in [-0.39, 0.29) is 29.4 Å². The van der Waals surface area contributed by atoms with Crippen LogP contribution in [0.2, 0.25) is 0 Å². The fourth-order valence-corrected chi connectivity index (χ4v) is 2.28. The summed E-state index contributed by atoms with van der Waals surface area (Å²) in [6.07, 6.45) is -1.15. The van der Waals surface area contributed by atoms with Gasteiger partial charge in [-0.05, 0) is 52.9 Å². The van der Waals surface area contributed by atoms with Crippen LogP contribution in [0.25, 0.3) is 0 Å². The van der Waals surface area contributed by atoms with E-state index in [4.69, 9.17) is 15.2 Å². The number of anilines is 2. The lowest BCUT2D eigenvalue weighted by Crippen LogP contribution is -2.30. The molecule has 0 saturated carbocycles. The van der Waals surface area contributed by atoms with Gasteiger partial charge in [-0.2, -0.15) is 5.26 Å². The molecule has 1 unspecified atom stereocenters. The molecule has 136 valence electrons. The second kappa shape index (κ2) is 9.39. The molecule has 1 heterocycles. The van der Waals surface area contributed by atoms with Crippen molar-refractivity contribution < 1.29 is 24.2 Å². The molecule has 8 nitrogen and oxygen atoms in total. The molecular formula is C16H14FIN4O4. The normalized spacial score (nSPS) is 11.5. The molecule has 0 aliphatic heterocycles. The number of halogens is 2. The van der Waals surface area contributed by atoms with E-state index >= 15 is 0 Å².